The van der Waals surface area contributed by atoms with E-state index in [0.717, 1.165) is 12.0 Å². The molecule has 2 aliphatic rings. The lowest BCUT2D eigenvalue weighted by Gasteiger charge is -2.35. The molecule has 1 aliphatic carbocycles. The van der Waals surface area contributed by atoms with Gasteiger partial charge in [0.25, 0.3) is 0 Å². The van der Waals surface area contributed by atoms with Crippen LogP contribution in [0.3, 0.4) is 0 Å². The molecule has 0 aromatic heterocycles. The van der Waals surface area contributed by atoms with Gasteiger partial charge in [0.1, 0.15) is 0 Å². The molecular weight excluding hydrogens is 172 g/mol. The zero-order chi connectivity index (χ0) is 9.97. The molecular formula is C12H24N2. The fourth-order valence-electron chi connectivity index (χ4n) is 3.07. The van der Waals surface area contributed by atoms with E-state index in [0.29, 0.717) is 6.04 Å². The second-order valence-electron chi connectivity index (χ2n) is 5.16. The molecule has 2 heteroatoms. The first-order valence-electron chi connectivity index (χ1n) is 6.27. The van der Waals surface area contributed by atoms with E-state index >= 15 is 0 Å². The summed E-state index contributed by atoms with van der Waals surface area (Å²) in [6.45, 7) is 5.10. The number of rotatable bonds is 2. The van der Waals surface area contributed by atoms with Gasteiger partial charge in [0.2, 0.25) is 0 Å². The number of nitrogens with two attached hydrogens (primary N) is 1. The van der Waals surface area contributed by atoms with Crippen LogP contribution in [0.2, 0.25) is 0 Å². The van der Waals surface area contributed by atoms with Crippen LogP contribution in [0.15, 0.2) is 0 Å². The molecule has 2 rings (SSSR count). The Morgan fingerprint density at radius 2 is 1.64 bits per heavy atom. The Hall–Kier alpha value is -0.0800. The van der Waals surface area contributed by atoms with Crippen molar-refractivity contribution in [2.24, 2.45) is 11.7 Å². The van der Waals surface area contributed by atoms with Gasteiger partial charge in [0, 0.05) is 12.1 Å². The number of hydrogen-bond acceptors (Lipinski definition) is 2. The quantitative estimate of drug-likeness (QED) is 0.732. The van der Waals surface area contributed by atoms with Gasteiger partial charge in [-0.25, -0.2) is 0 Å². The first-order valence-corrected chi connectivity index (χ1v) is 6.27. The van der Waals surface area contributed by atoms with E-state index < -0.39 is 0 Å². The van der Waals surface area contributed by atoms with Gasteiger partial charge in [-0.2, -0.15) is 0 Å². The second kappa shape index (κ2) is 4.63. The van der Waals surface area contributed by atoms with Crippen LogP contribution < -0.4 is 5.73 Å². The molecule has 1 unspecified atom stereocenters. The molecule has 0 aromatic rings. The molecule has 1 heterocycles. The van der Waals surface area contributed by atoms with Crippen LogP contribution in [0.4, 0.5) is 0 Å². The van der Waals surface area contributed by atoms with E-state index in [9.17, 15) is 0 Å². The predicted octanol–water partition coefficient (Wildman–Crippen LogP) is 1.99. The van der Waals surface area contributed by atoms with Crippen LogP contribution in [0, 0.1) is 5.92 Å². The minimum Gasteiger partial charge on any atom is -0.328 e. The third-order valence-electron chi connectivity index (χ3n) is 4.22. The van der Waals surface area contributed by atoms with Gasteiger partial charge in [0.05, 0.1) is 0 Å². The summed E-state index contributed by atoms with van der Waals surface area (Å²) in [5.74, 6) is 0.924. The Morgan fingerprint density at radius 1 is 1.07 bits per heavy atom. The lowest BCUT2D eigenvalue weighted by molar-refractivity contribution is 0.151. The molecule has 0 amide bonds. The highest BCUT2D eigenvalue weighted by Gasteiger charge is 2.28. The smallest absolute Gasteiger partial charge is 0.00952 e. The molecule has 0 aromatic carbocycles. The molecule has 1 saturated heterocycles. The van der Waals surface area contributed by atoms with E-state index in [4.69, 9.17) is 5.73 Å². The Bertz CT molecular complexity index is 167. The summed E-state index contributed by atoms with van der Waals surface area (Å²) in [6, 6.07) is 1.31. The molecule has 1 atom stereocenters. The minimum atomic E-state index is 0.497. The molecule has 2 nitrogen and oxygen atoms in total. The van der Waals surface area contributed by atoms with Crippen molar-refractivity contribution in [3.8, 4) is 0 Å². The van der Waals surface area contributed by atoms with Gasteiger partial charge in [-0.3, -0.25) is 0 Å². The highest BCUT2D eigenvalue weighted by Crippen LogP contribution is 2.29. The van der Waals surface area contributed by atoms with Gasteiger partial charge in [0.15, 0.2) is 0 Å². The first-order chi connectivity index (χ1) is 6.77. The zero-order valence-corrected chi connectivity index (χ0v) is 9.41. The van der Waals surface area contributed by atoms with Crippen molar-refractivity contribution >= 4 is 0 Å². The van der Waals surface area contributed by atoms with E-state index in [2.05, 4.69) is 11.8 Å². The molecule has 2 fully saturated rings. The normalized spacial score (nSPS) is 37.3. The maximum Gasteiger partial charge on any atom is 0.00952 e. The van der Waals surface area contributed by atoms with Crippen LogP contribution in [-0.2, 0) is 0 Å². The predicted molar refractivity (Wildman–Crippen MR) is 60.2 cm³/mol. The molecule has 82 valence electrons. The monoisotopic (exact) mass is 196 g/mol. The molecule has 1 aliphatic heterocycles. The standard InChI is InChI=1S/C12H24N2/c1-10(14-8-2-3-9-14)11-4-6-12(13)7-5-11/h10-12H,2-9,13H2,1H3. The minimum absolute atomic E-state index is 0.497. The van der Waals surface area contributed by atoms with Gasteiger partial charge in [-0.1, -0.05) is 0 Å². The molecule has 0 radical (unpaired) electrons. The van der Waals surface area contributed by atoms with Crippen LogP contribution in [0.25, 0.3) is 0 Å². The first kappa shape index (κ1) is 10.4. The zero-order valence-electron chi connectivity index (χ0n) is 9.41. The molecule has 0 bridgehead atoms. The topological polar surface area (TPSA) is 29.3 Å². The van der Waals surface area contributed by atoms with Crippen molar-refractivity contribution in [1.29, 1.82) is 0 Å². The maximum atomic E-state index is 5.94. The molecule has 1 saturated carbocycles. The Labute approximate surface area is 87.8 Å². The van der Waals surface area contributed by atoms with Crippen molar-refractivity contribution in [3.63, 3.8) is 0 Å². The van der Waals surface area contributed by atoms with Gasteiger partial charge < -0.3 is 10.6 Å². The SMILES string of the molecule is CC(C1CCC(N)CC1)N1CCCC1. The highest BCUT2D eigenvalue weighted by molar-refractivity contribution is 4.84. The van der Waals surface area contributed by atoms with Crippen molar-refractivity contribution in [1.82, 2.24) is 4.90 Å². The van der Waals surface area contributed by atoms with E-state index in [1.54, 1.807) is 0 Å². The Kier molecular flexibility index (Phi) is 3.45. The van der Waals surface area contributed by atoms with Crippen LogP contribution in [0.5, 0.6) is 0 Å². The van der Waals surface area contributed by atoms with Crippen LogP contribution in [-0.4, -0.2) is 30.1 Å². The highest BCUT2D eigenvalue weighted by atomic mass is 15.2. The Balaban J connectivity index is 1.82. The van der Waals surface area contributed by atoms with Crippen molar-refractivity contribution < 1.29 is 0 Å². The lowest BCUT2D eigenvalue weighted by Crippen LogP contribution is -2.39. The summed E-state index contributed by atoms with van der Waals surface area (Å²) >= 11 is 0. The average molecular weight is 196 g/mol. The van der Waals surface area contributed by atoms with E-state index in [1.807, 2.05) is 0 Å². The molecule has 2 N–H and O–H groups in total. The maximum absolute atomic E-state index is 5.94. The summed E-state index contributed by atoms with van der Waals surface area (Å²) in [4.78, 5) is 2.68. The third kappa shape index (κ3) is 2.29. The number of likely N-dealkylation sites (tertiary alicyclic amines) is 1. The molecule has 14 heavy (non-hydrogen) atoms. The number of hydrogen-bond donors (Lipinski definition) is 1. The van der Waals surface area contributed by atoms with Crippen LogP contribution >= 0.6 is 0 Å². The summed E-state index contributed by atoms with van der Waals surface area (Å²) < 4.78 is 0. The summed E-state index contributed by atoms with van der Waals surface area (Å²) in [6.07, 6.45) is 8.05. The van der Waals surface area contributed by atoms with E-state index in [-0.39, 0.29) is 0 Å². The van der Waals surface area contributed by atoms with Crippen molar-refractivity contribution in [2.45, 2.75) is 57.5 Å². The second-order valence-corrected chi connectivity index (χ2v) is 5.16. The lowest BCUT2D eigenvalue weighted by atomic mass is 9.82. The van der Waals surface area contributed by atoms with Gasteiger partial charge in [-0.05, 0) is 64.5 Å². The van der Waals surface area contributed by atoms with Gasteiger partial charge >= 0.3 is 0 Å². The average Bonchev–Trinajstić information content (AvgIpc) is 2.71. The largest absolute Gasteiger partial charge is 0.328 e. The summed E-state index contributed by atoms with van der Waals surface area (Å²) in [7, 11) is 0. The molecule has 0 spiro atoms. The van der Waals surface area contributed by atoms with Crippen molar-refractivity contribution in [3.05, 3.63) is 0 Å². The van der Waals surface area contributed by atoms with Gasteiger partial charge in [-0.15, -0.1) is 0 Å². The Morgan fingerprint density at radius 3 is 2.21 bits per heavy atom. The fraction of sp³-hybridized carbons (Fsp3) is 1.00. The van der Waals surface area contributed by atoms with Crippen molar-refractivity contribution in [2.75, 3.05) is 13.1 Å². The number of nitrogens with zero attached hydrogens (tertiary/aromatic N) is 1. The van der Waals surface area contributed by atoms with E-state index in [1.165, 1.54) is 51.6 Å². The summed E-state index contributed by atoms with van der Waals surface area (Å²) in [5, 5.41) is 0. The third-order valence-corrected chi connectivity index (χ3v) is 4.22. The van der Waals surface area contributed by atoms with Crippen LogP contribution in [0.1, 0.15) is 45.4 Å². The summed E-state index contributed by atoms with van der Waals surface area (Å²) in [5.41, 5.74) is 5.94. The fourth-order valence-corrected chi connectivity index (χ4v) is 3.07.